The lowest BCUT2D eigenvalue weighted by Gasteiger charge is -2.15. The molecule has 2 aromatic carbocycles. The Hall–Kier alpha value is -3.85. The van der Waals surface area contributed by atoms with Gasteiger partial charge in [0.2, 0.25) is 0 Å². The lowest BCUT2D eigenvalue weighted by Crippen LogP contribution is -2.05. The Labute approximate surface area is 156 Å². The van der Waals surface area contributed by atoms with Gasteiger partial charge >= 0.3 is 0 Å². The number of hydrogen-bond donors (Lipinski definition) is 2. The van der Waals surface area contributed by atoms with Gasteiger partial charge in [0.1, 0.15) is 11.4 Å². The van der Waals surface area contributed by atoms with Crippen molar-refractivity contribution in [2.24, 2.45) is 0 Å². The highest BCUT2D eigenvalue weighted by Gasteiger charge is 2.11. The van der Waals surface area contributed by atoms with E-state index < -0.39 is 0 Å². The number of carbonyl (C=O) groups is 1. The van der Waals surface area contributed by atoms with Gasteiger partial charge in [-0.25, -0.2) is 4.98 Å². The van der Waals surface area contributed by atoms with E-state index in [0.717, 1.165) is 22.0 Å². The third-order valence-electron chi connectivity index (χ3n) is 4.12. The number of ether oxygens (including phenoxy) is 1. The molecule has 0 aliphatic rings. The second-order valence-corrected chi connectivity index (χ2v) is 5.98. The minimum absolute atomic E-state index is 0.277. The molecule has 6 heteroatoms. The first-order valence-corrected chi connectivity index (χ1v) is 8.21. The molecule has 0 amide bonds. The van der Waals surface area contributed by atoms with Crippen LogP contribution in [0.5, 0.6) is 5.75 Å². The van der Waals surface area contributed by atoms with E-state index in [0.29, 0.717) is 35.5 Å². The number of methoxy groups -OCH3 is 1. The van der Waals surface area contributed by atoms with E-state index in [1.807, 2.05) is 36.4 Å². The van der Waals surface area contributed by atoms with Crippen LogP contribution in [0.25, 0.3) is 22.0 Å². The first-order valence-electron chi connectivity index (χ1n) is 8.21. The molecule has 0 bridgehead atoms. The van der Waals surface area contributed by atoms with Gasteiger partial charge in [-0.2, -0.15) is 5.26 Å². The smallest absolute Gasteiger partial charge is 0.168 e. The normalized spacial score (nSPS) is 10.2. The SMILES string of the molecule is C=C(C#N)CNc1c(OC)ccc2ccc(-c3cc(N)cc(C=O)n3)cc12. The van der Waals surface area contributed by atoms with Crippen molar-refractivity contribution in [2.75, 3.05) is 24.7 Å². The minimum Gasteiger partial charge on any atom is -0.495 e. The Bertz CT molecular complexity index is 1080. The first-order chi connectivity index (χ1) is 13.0. The quantitative estimate of drug-likeness (QED) is 0.513. The van der Waals surface area contributed by atoms with Crippen molar-refractivity contribution >= 4 is 28.4 Å². The van der Waals surface area contributed by atoms with Crippen molar-refractivity contribution in [1.82, 2.24) is 4.98 Å². The maximum atomic E-state index is 11.1. The number of hydrogen-bond acceptors (Lipinski definition) is 6. The molecule has 3 rings (SSSR count). The molecule has 0 aliphatic heterocycles. The molecule has 3 aromatic rings. The van der Waals surface area contributed by atoms with E-state index in [1.165, 1.54) is 6.07 Å². The van der Waals surface area contributed by atoms with Crippen LogP contribution in [0.4, 0.5) is 11.4 Å². The number of nitrogens with zero attached hydrogens (tertiary/aromatic N) is 2. The number of nitrogens with one attached hydrogen (secondary N) is 1. The Balaban J connectivity index is 2.15. The molecule has 0 unspecified atom stereocenters. The summed E-state index contributed by atoms with van der Waals surface area (Å²) in [7, 11) is 1.59. The first kappa shape index (κ1) is 18.0. The van der Waals surface area contributed by atoms with Crippen molar-refractivity contribution in [3.8, 4) is 23.1 Å². The summed E-state index contributed by atoms with van der Waals surface area (Å²) in [5, 5.41) is 14.1. The van der Waals surface area contributed by atoms with Gasteiger partial charge in [0.15, 0.2) is 6.29 Å². The second kappa shape index (κ2) is 7.58. The molecule has 134 valence electrons. The number of nitrogen functional groups attached to an aromatic ring is 1. The molecular formula is C21H18N4O2. The number of carbonyl (C=O) groups excluding carboxylic acids is 1. The van der Waals surface area contributed by atoms with Crippen LogP contribution in [0, 0.1) is 11.3 Å². The molecule has 3 N–H and O–H groups in total. The van der Waals surface area contributed by atoms with Gasteiger partial charge in [0.05, 0.1) is 24.6 Å². The van der Waals surface area contributed by atoms with Crippen LogP contribution in [0.1, 0.15) is 10.5 Å². The summed E-state index contributed by atoms with van der Waals surface area (Å²) in [5.74, 6) is 0.652. The highest BCUT2D eigenvalue weighted by Crippen LogP contribution is 2.35. The number of benzene rings is 2. The Morgan fingerprint density at radius 2 is 2.11 bits per heavy atom. The summed E-state index contributed by atoms with van der Waals surface area (Å²) in [6.07, 6.45) is 0.671. The number of pyridine rings is 1. The summed E-state index contributed by atoms with van der Waals surface area (Å²) >= 11 is 0. The largest absolute Gasteiger partial charge is 0.495 e. The average Bonchev–Trinajstić information content (AvgIpc) is 2.70. The number of aromatic nitrogens is 1. The Morgan fingerprint density at radius 1 is 1.33 bits per heavy atom. The van der Waals surface area contributed by atoms with Crippen molar-refractivity contribution in [3.05, 3.63) is 60.3 Å². The Kier molecular flexibility index (Phi) is 5.04. The monoisotopic (exact) mass is 358 g/mol. The summed E-state index contributed by atoms with van der Waals surface area (Å²) in [5.41, 5.74) is 9.22. The van der Waals surface area contributed by atoms with Crippen LogP contribution >= 0.6 is 0 Å². The number of nitriles is 1. The van der Waals surface area contributed by atoms with Crippen molar-refractivity contribution < 1.29 is 9.53 Å². The minimum atomic E-state index is 0.277. The fourth-order valence-corrected chi connectivity index (χ4v) is 2.83. The molecule has 6 nitrogen and oxygen atoms in total. The predicted octanol–water partition coefficient (Wildman–Crippen LogP) is 3.80. The third-order valence-corrected chi connectivity index (χ3v) is 4.12. The predicted molar refractivity (Wildman–Crippen MR) is 107 cm³/mol. The zero-order valence-electron chi connectivity index (χ0n) is 14.8. The van der Waals surface area contributed by atoms with E-state index in [4.69, 9.17) is 15.7 Å². The van der Waals surface area contributed by atoms with Crippen LogP contribution in [-0.2, 0) is 0 Å². The zero-order valence-corrected chi connectivity index (χ0v) is 14.8. The molecule has 0 aliphatic carbocycles. The number of anilines is 2. The van der Waals surface area contributed by atoms with E-state index >= 15 is 0 Å². The van der Waals surface area contributed by atoms with Crippen molar-refractivity contribution in [3.63, 3.8) is 0 Å². The maximum absolute atomic E-state index is 11.1. The lowest BCUT2D eigenvalue weighted by atomic mass is 10.0. The Morgan fingerprint density at radius 3 is 2.81 bits per heavy atom. The summed E-state index contributed by atoms with van der Waals surface area (Å²) < 4.78 is 5.46. The molecule has 0 fully saturated rings. The molecule has 0 atom stereocenters. The standard InChI is InChI=1S/C21H18N4O2/c1-13(10-22)11-24-21-18-7-15(4-3-14(18)5-6-20(21)27-2)19-9-16(23)8-17(12-26)25-19/h3-9,12,24H,1,11H2,2H3,(H2,23,25). The second-order valence-electron chi connectivity index (χ2n) is 5.98. The average molecular weight is 358 g/mol. The molecule has 0 saturated heterocycles. The van der Waals surface area contributed by atoms with Gasteiger partial charge in [0, 0.05) is 28.8 Å². The van der Waals surface area contributed by atoms with Gasteiger partial charge in [-0.05, 0) is 29.7 Å². The van der Waals surface area contributed by atoms with Gasteiger partial charge in [-0.3, -0.25) is 4.79 Å². The van der Waals surface area contributed by atoms with Crippen LogP contribution in [0.2, 0.25) is 0 Å². The van der Waals surface area contributed by atoms with E-state index in [1.54, 1.807) is 13.2 Å². The highest BCUT2D eigenvalue weighted by molar-refractivity contribution is 5.99. The van der Waals surface area contributed by atoms with E-state index in [2.05, 4.69) is 16.9 Å². The molecule has 0 saturated carbocycles. The number of nitrogens with two attached hydrogens (primary N) is 1. The number of fused-ring (bicyclic) bond motifs is 1. The number of aldehydes is 1. The van der Waals surface area contributed by atoms with E-state index in [9.17, 15) is 4.79 Å². The molecule has 0 spiro atoms. The van der Waals surface area contributed by atoms with Gasteiger partial charge in [0.25, 0.3) is 0 Å². The zero-order chi connectivity index (χ0) is 19.4. The van der Waals surface area contributed by atoms with E-state index in [-0.39, 0.29) is 5.69 Å². The topological polar surface area (TPSA) is 101 Å². The van der Waals surface area contributed by atoms with Crippen LogP contribution in [0.3, 0.4) is 0 Å². The highest BCUT2D eigenvalue weighted by atomic mass is 16.5. The molecule has 0 radical (unpaired) electrons. The molecule has 1 heterocycles. The van der Waals surface area contributed by atoms with Gasteiger partial charge in [-0.1, -0.05) is 24.8 Å². The van der Waals surface area contributed by atoms with Crippen molar-refractivity contribution in [1.29, 1.82) is 5.26 Å². The summed E-state index contributed by atoms with van der Waals surface area (Å²) in [6.45, 7) is 4.00. The molecule has 27 heavy (non-hydrogen) atoms. The molecule has 1 aromatic heterocycles. The third kappa shape index (κ3) is 3.72. The fraction of sp³-hybridized carbons (Fsp3) is 0.0952. The van der Waals surface area contributed by atoms with Gasteiger partial charge in [-0.15, -0.1) is 0 Å². The summed E-state index contributed by atoms with van der Waals surface area (Å²) in [6, 6.07) is 14.9. The van der Waals surface area contributed by atoms with Crippen LogP contribution < -0.4 is 15.8 Å². The maximum Gasteiger partial charge on any atom is 0.168 e. The molecular weight excluding hydrogens is 340 g/mol. The lowest BCUT2D eigenvalue weighted by molar-refractivity contribution is 0.111. The van der Waals surface area contributed by atoms with Crippen LogP contribution in [0.15, 0.2) is 54.6 Å². The number of rotatable bonds is 6. The van der Waals surface area contributed by atoms with Crippen molar-refractivity contribution in [2.45, 2.75) is 0 Å². The fourth-order valence-electron chi connectivity index (χ4n) is 2.83. The summed E-state index contributed by atoms with van der Waals surface area (Å²) in [4.78, 5) is 15.4. The van der Waals surface area contributed by atoms with Crippen LogP contribution in [-0.4, -0.2) is 24.9 Å². The van der Waals surface area contributed by atoms with Gasteiger partial charge < -0.3 is 15.8 Å².